The summed E-state index contributed by atoms with van der Waals surface area (Å²) in [5.74, 6) is -0.410. The number of pyridine rings is 1. The topological polar surface area (TPSA) is 53.4 Å². The molecule has 0 amide bonds. The molecule has 1 atom stereocenters. The number of aromatic nitrogens is 1. The average Bonchev–Trinajstić information content (AvgIpc) is 2.67. The maximum absolute atomic E-state index is 10.6. The van der Waals surface area contributed by atoms with Crippen LogP contribution in [0.5, 0.6) is 0 Å². The minimum atomic E-state index is -0.698. The molecule has 1 aliphatic rings. The molecule has 15 heavy (non-hydrogen) atoms. The van der Waals surface area contributed by atoms with Gasteiger partial charge in [0.2, 0.25) is 0 Å². The Hall–Kier alpha value is -1.58. The zero-order valence-corrected chi connectivity index (χ0v) is 8.47. The third kappa shape index (κ3) is 2.46. The van der Waals surface area contributed by atoms with E-state index >= 15 is 0 Å². The molecule has 0 radical (unpaired) electrons. The fourth-order valence-electron chi connectivity index (χ4n) is 2.04. The predicted octanol–water partition coefficient (Wildman–Crippen LogP) is 1.38. The molecule has 0 bridgehead atoms. The Morgan fingerprint density at radius 1 is 1.53 bits per heavy atom. The first-order valence-corrected chi connectivity index (χ1v) is 5.12. The lowest BCUT2D eigenvalue weighted by atomic mass is 10.1. The van der Waals surface area contributed by atoms with Gasteiger partial charge in [0.25, 0.3) is 0 Å². The van der Waals surface area contributed by atoms with Gasteiger partial charge in [-0.3, -0.25) is 9.78 Å². The van der Waals surface area contributed by atoms with Crippen LogP contribution in [-0.4, -0.2) is 29.1 Å². The molecule has 1 N–H and O–H groups in total. The van der Waals surface area contributed by atoms with E-state index in [4.69, 9.17) is 5.11 Å². The minimum absolute atomic E-state index is 0.279. The van der Waals surface area contributed by atoms with E-state index in [1.54, 1.807) is 12.4 Å². The van der Waals surface area contributed by atoms with Gasteiger partial charge in [0.05, 0.1) is 0 Å². The average molecular weight is 206 g/mol. The summed E-state index contributed by atoms with van der Waals surface area (Å²) in [6.07, 6.45) is 4.77. The van der Waals surface area contributed by atoms with E-state index in [2.05, 4.69) is 9.88 Å². The first-order chi connectivity index (χ1) is 7.25. The van der Waals surface area contributed by atoms with Gasteiger partial charge in [-0.25, -0.2) is 0 Å². The number of carbonyl (C=O) groups is 1. The molecule has 2 rings (SSSR count). The van der Waals surface area contributed by atoms with Crippen molar-refractivity contribution in [3.8, 4) is 0 Å². The van der Waals surface area contributed by atoms with E-state index in [9.17, 15) is 4.79 Å². The highest BCUT2D eigenvalue weighted by molar-refractivity contribution is 5.67. The Morgan fingerprint density at radius 2 is 2.27 bits per heavy atom. The Balaban J connectivity index is 1.96. The van der Waals surface area contributed by atoms with Crippen LogP contribution in [0.1, 0.15) is 12.8 Å². The van der Waals surface area contributed by atoms with Crippen LogP contribution in [0.15, 0.2) is 24.5 Å². The van der Waals surface area contributed by atoms with E-state index in [1.165, 1.54) is 0 Å². The number of aliphatic carboxylic acids is 1. The summed E-state index contributed by atoms with van der Waals surface area (Å²) in [6.45, 7) is 1.79. The summed E-state index contributed by atoms with van der Waals surface area (Å²) in [5.41, 5.74) is 1.14. The molecule has 80 valence electrons. The Labute approximate surface area is 88.6 Å². The van der Waals surface area contributed by atoms with Crippen LogP contribution in [0.3, 0.4) is 0 Å². The normalized spacial score (nSPS) is 20.5. The summed E-state index contributed by atoms with van der Waals surface area (Å²) in [4.78, 5) is 16.8. The van der Waals surface area contributed by atoms with Crippen molar-refractivity contribution in [2.75, 3.05) is 18.0 Å². The van der Waals surface area contributed by atoms with Gasteiger partial charge in [0.1, 0.15) is 0 Å². The molecule has 1 unspecified atom stereocenters. The van der Waals surface area contributed by atoms with Crippen LogP contribution in [0, 0.1) is 5.92 Å². The molecule has 0 spiro atoms. The quantitative estimate of drug-likeness (QED) is 0.811. The Morgan fingerprint density at radius 3 is 2.93 bits per heavy atom. The molecule has 1 saturated heterocycles. The monoisotopic (exact) mass is 206 g/mol. The molecule has 1 aliphatic heterocycles. The van der Waals surface area contributed by atoms with E-state index in [1.807, 2.05) is 12.1 Å². The van der Waals surface area contributed by atoms with Crippen LogP contribution in [-0.2, 0) is 4.79 Å². The molecule has 2 heterocycles. The van der Waals surface area contributed by atoms with Gasteiger partial charge in [-0.2, -0.15) is 0 Å². The van der Waals surface area contributed by atoms with Gasteiger partial charge in [-0.1, -0.05) is 0 Å². The highest BCUT2D eigenvalue weighted by atomic mass is 16.4. The maximum atomic E-state index is 10.6. The largest absolute Gasteiger partial charge is 0.481 e. The molecule has 1 aromatic rings. The second-order valence-corrected chi connectivity index (χ2v) is 3.90. The number of carboxylic acids is 1. The van der Waals surface area contributed by atoms with Crippen molar-refractivity contribution in [3.05, 3.63) is 24.5 Å². The smallest absolute Gasteiger partial charge is 0.303 e. The molecular formula is C11H14N2O2. The first kappa shape index (κ1) is 9.96. The molecule has 1 fully saturated rings. The fourth-order valence-corrected chi connectivity index (χ4v) is 2.04. The van der Waals surface area contributed by atoms with Crippen molar-refractivity contribution in [3.63, 3.8) is 0 Å². The minimum Gasteiger partial charge on any atom is -0.481 e. The summed E-state index contributed by atoms with van der Waals surface area (Å²) in [5, 5.41) is 8.70. The number of anilines is 1. The van der Waals surface area contributed by atoms with Gasteiger partial charge in [-0.05, 0) is 24.5 Å². The van der Waals surface area contributed by atoms with E-state index in [0.29, 0.717) is 0 Å². The lowest BCUT2D eigenvalue weighted by molar-refractivity contribution is -0.137. The number of hydrogen-bond donors (Lipinski definition) is 1. The van der Waals surface area contributed by atoms with Crippen LogP contribution in [0.2, 0.25) is 0 Å². The van der Waals surface area contributed by atoms with Crippen molar-refractivity contribution in [1.82, 2.24) is 4.98 Å². The zero-order valence-electron chi connectivity index (χ0n) is 8.47. The summed E-state index contributed by atoms with van der Waals surface area (Å²) in [7, 11) is 0. The van der Waals surface area contributed by atoms with Gasteiger partial charge in [-0.15, -0.1) is 0 Å². The van der Waals surface area contributed by atoms with Gasteiger partial charge >= 0.3 is 5.97 Å². The molecule has 0 aromatic carbocycles. The fraction of sp³-hybridized carbons (Fsp3) is 0.455. The van der Waals surface area contributed by atoms with E-state index < -0.39 is 5.97 Å². The summed E-state index contributed by atoms with van der Waals surface area (Å²) >= 11 is 0. The third-order valence-electron chi connectivity index (χ3n) is 2.78. The third-order valence-corrected chi connectivity index (χ3v) is 2.78. The number of nitrogens with zero attached hydrogens (tertiary/aromatic N) is 2. The van der Waals surface area contributed by atoms with Crippen molar-refractivity contribution in [1.29, 1.82) is 0 Å². The molecular weight excluding hydrogens is 192 g/mol. The second-order valence-electron chi connectivity index (χ2n) is 3.90. The zero-order chi connectivity index (χ0) is 10.7. The van der Waals surface area contributed by atoms with Crippen molar-refractivity contribution < 1.29 is 9.90 Å². The van der Waals surface area contributed by atoms with Crippen molar-refractivity contribution >= 4 is 11.7 Å². The molecule has 1 aromatic heterocycles. The standard InChI is InChI=1S/C11H14N2O2/c14-11(15)7-9-3-6-13(8-9)10-1-4-12-5-2-10/h1-2,4-5,9H,3,6-8H2,(H,14,15). The summed E-state index contributed by atoms with van der Waals surface area (Å²) < 4.78 is 0. The van der Waals surface area contributed by atoms with Crippen LogP contribution in [0.25, 0.3) is 0 Å². The van der Waals surface area contributed by atoms with Crippen molar-refractivity contribution in [2.45, 2.75) is 12.8 Å². The molecule has 4 heteroatoms. The lowest BCUT2D eigenvalue weighted by Gasteiger charge is -2.17. The predicted molar refractivity (Wildman–Crippen MR) is 56.8 cm³/mol. The highest BCUT2D eigenvalue weighted by Gasteiger charge is 2.24. The molecule has 4 nitrogen and oxygen atoms in total. The maximum Gasteiger partial charge on any atom is 0.303 e. The van der Waals surface area contributed by atoms with Crippen LogP contribution < -0.4 is 4.90 Å². The second kappa shape index (κ2) is 4.29. The Kier molecular flexibility index (Phi) is 2.85. The van der Waals surface area contributed by atoms with Gasteiger partial charge in [0.15, 0.2) is 0 Å². The SMILES string of the molecule is O=C(O)CC1CCN(c2ccncc2)C1. The Bertz CT molecular complexity index is 340. The van der Waals surface area contributed by atoms with Gasteiger partial charge in [0, 0.05) is 37.6 Å². The van der Waals surface area contributed by atoms with E-state index in [-0.39, 0.29) is 12.3 Å². The number of rotatable bonds is 3. The lowest BCUT2D eigenvalue weighted by Crippen LogP contribution is -2.20. The van der Waals surface area contributed by atoms with Crippen molar-refractivity contribution in [2.24, 2.45) is 5.92 Å². The molecule has 0 saturated carbocycles. The summed E-state index contributed by atoms with van der Waals surface area (Å²) in [6, 6.07) is 3.92. The van der Waals surface area contributed by atoms with Crippen LogP contribution >= 0.6 is 0 Å². The number of hydrogen-bond acceptors (Lipinski definition) is 3. The van der Waals surface area contributed by atoms with Gasteiger partial charge < -0.3 is 10.0 Å². The molecule has 0 aliphatic carbocycles. The van der Waals surface area contributed by atoms with Crippen LogP contribution in [0.4, 0.5) is 5.69 Å². The van der Waals surface area contributed by atoms with E-state index in [0.717, 1.165) is 25.2 Å². The number of carboxylic acid groups (broad SMARTS) is 1. The highest BCUT2D eigenvalue weighted by Crippen LogP contribution is 2.24. The first-order valence-electron chi connectivity index (χ1n) is 5.12.